The quantitative estimate of drug-likeness (QED) is 0.474. The van der Waals surface area contributed by atoms with Crippen LogP contribution in [0.25, 0.3) is 11.4 Å². The summed E-state index contributed by atoms with van der Waals surface area (Å²) in [6.07, 6.45) is 5.43. The van der Waals surface area contributed by atoms with Crippen LogP contribution in [0.1, 0.15) is 23.0 Å². The Morgan fingerprint density at radius 2 is 1.93 bits per heavy atom. The first-order chi connectivity index (χ1) is 14.1. The third-order valence-electron chi connectivity index (χ3n) is 4.39. The minimum absolute atomic E-state index is 0.162. The highest BCUT2D eigenvalue weighted by Gasteiger charge is 2.16. The summed E-state index contributed by atoms with van der Waals surface area (Å²) >= 11 is 0. The van der Waals surface area contributed by atoms with Crippen molar-refractivity contribution < 1.29 is 4.79 Å². The molecule has 3 aromatic heterocycles. The van der Waals surface area contributed by atoms with Crippen LogP contribution >= 0.6 is 0 Å². The molecule has 0 unspecified atom stereocenters. The van der Waals surface area contributed by atoms with Gasteiger partial charge in [-0.2, -0.15) is 10.2 Å². The lowest BCUT2D eigenvalue weighted by atomic mass is 10.2. The number of carbonyl (C=O) groups is 1. The molecule has 29 heavy (non-hydrogen) atoms. The molecule has 4 rings (SSSR count). The Hall–Kier alpha value is -3.82. The number of tetrazole rings is 1. The Morgan fingerprint density at radius 1 is 1.10 bits per heavy atom. The van der Waals surface area contributed by atoms with E-state index in [4.69, 9.17) is 0 Å². The Kier molecular flexibility index (Phi) is 5.14. The van der Waals surface area contributed by atoms with Crippen LogP contribution in [0.5, 0.6) is 0 Å². The minimum atomic E-state index is -0.162. The molecule has 0 aliphatic rings. The van der Waals surface area contributed by atoms with Gasteiger partial charge in [-0.1, -0.05) is 30.3 Å². The summed E-state index contributed by atoms with van der Waals surface area (Å²) in [4.78, 5) is 15.7. The van der Waals surface area contributed by atoms with Crippen LogP contribution in [0.4, 0.5) is 0 Å². The molecule has 0 aliphatic carbocycles. The highest BCUT2D eigenvalue weighted by molar-refractivity contribution is 5.91. The fourth-order valence-corrected chi connectivity index (χ4v) is 2.89. The number of nitrogens with zero attached hydrogens (tertiary/aromatic N) is 9. The number of benzene rings is 1. The predicted octanol–water partition coefficient (Wildman–Crippen LogP) is 1.53. The molecule has 10 heteroatoms. The van der Waals surface area contributed by atoms with E-state index >= 15 is 0 Å². The first-order valence-corrected chi connectivity index (χ1v) is 9.26. The number of amides is 1. The summed E-state index contributed by atoms with van der Waals surface area (Å²) < 4.78 is 3.43. The van der Waals surface area contributed by atoms with E-state index in [-0.39, 0.29) is 12.6 Å². The van der Waals surface area contributed by atoms with Gasteiger partial charge in [0, 0.05) is 43.7 Å². The summed E-state index contributed by atoms with van der Waals surface area (Å²) in [6, 6.07) is 11.3. The van der Waals surface area contributed by atoms with Gasteiger partial charge in [-0.15, -0.1) is 15.0 Å². The van der Waals surface area contributed by atoms with E-state index < -0.39 is 0 Å². The van der Waals surface area contributed by atoms with Crippen molar-refractivity contribution in [2.24, 2.45) is 0 Å². The molecule has 1 amide bonds. The number of rotatable bonds is 7. The molecule has 0 saturated heterocycles. The summed E-state index contributed by atoms with van der Waals surface area (Å²) in [5, 5.41) is 21.1. The number of aromatic nitrogens is 8. The third-order valence-corrected chi connectivity index (χ3v) is 4.39. The molecule has 0 bridgehead atoms. The molecule has 148 valence electrons. The van der Waals surface area contributed by atoms with Gasteiger partial charge in [0.25, 0.3) is 5.91 Å². The van der Waals surface area contributed by atoms with Crippen molar-refractivity contribution in [3.05, 3.63) is 66.2 Å². The number of carbonyl (C=O) groups excluding carboxylic acids is 1. The van der Waals surface area contributed by atoms with E-state index in [2.05, 4.69) is 25.6 Å². The summed E-state index contributed by atoms with van der Waals surface area (Å²) in [7, 11) is 1.75. The lowest BCUT2D eigenvalue weighted by Crippen LogP contribution is -2.26. The molecule has 4 aromatic rings. The van der Waals surface area contributed by atoms with Gasteiger partial charge in [-0.05, 0) is 18.2 Å². The SMILES string of the molecule is CCn1cc(CN(C)C(=O)c2ccn(Cn3nnc(-c4ccccc4)n3)n2)cn1. The van der Waals surface area contributed by atoms with Crippen molar-refractivity contribution in [1.82, 2.24) is 44.7 Å². The second-order valence-electron chi connectivity index (χ2n) is 6.60. The van der Waals surface area contributed by atoms with Crippen LogP contribution in [0, 0.1) is 0 Å². The van der Waals surface area contributed by atoms with E-state index in [1.165, 1.54) is 4.80 Å². The maximum absolute atomic E-state index is 12.7. The first kappa shape index (κ1) is 18.5. The van der Waals surface area contributed by atoms with E-state index in [0.29, 0.717) is 18.1 Å². The molecule has 0 spiro atoms. The molecule has 10 nitrogen and oxygen atoms in total. The second kappa shape index (κ2) is 8.05. The van der Waals surface area contributed by atoms with Gasteiger partial charge < -0.3 is 4.90 Å². The van der Waals surface area contributed by atoms with Gasteiger partial charge in [0.1, 0.15) is 5.69 Å². The molecule has 0 atom stereocenters. The monoisotopic (exact) mass is 391 g/mol. The molecule has 0 aliphatic heterocycles. The number of hydrogen-bond donors (Lipinski definition) is 0. The highest BCUT2D eigenvalue weighted by atomic mass is 16.2. The van der Waals surface area contributed by atoms with Gasteiger partial charge in [0.05, 0.1) is 6.20 Å². The van der Waals surface area contributed by atoms with Crippen molar-refractivity contribution in [2.45, 2.75) is 26.7 Å². The zero-order chi connectivity index (χ0) is 20.2. The van der Waals surface area contributed by atoms with E-state index in [1.807, 2.05) is 48.1 Å². The van der Waals surface area contributed by atoms with E-state index in [1.54, 1.807) is 35.1 Å². The lowest BCUT2D eigenvalue weighted by molar-refractivity contribution is 0.0778. The average Bonchev–Trinajstić information content (AvgIpc) is 3.49. The molecule has 0 N–H and O–H groups in total. The molecule has 3 heterocycles. The van der Waals surface area contributed by atoms with Crippen molar-refractivity contribution in [3.63, 3.8) is 0 Å². The van der Waals surface area contributed by atoms with Crippen LogP contribution in [0.2, 0.25) is 0 Å². The van der Waals surface area contributed by atoms with Crippen LogP contribution in [-0.2, 0) is 19.8 Å². The lowest BCUT2D eigenvalue weighted by Gasteiger charge is -2.14. The largest absolute Gasteiger partial charge is 0.336 e. The standard InChI is InChI=1S/C19H21N9O/c1-3-26-13-15(11-20-26)12-25(2)19(29)17-9-10-27(22-17)14-28-23-18(21-24-28)16-7-5-4-6-8-16/h4-11,13H,3,12,14H2,1-2H3. The van der Waals surface area contributed by atoms with Crippen LogP contribution in [-0.4, -0.2) is 57.6 Å². The van der Waals surface area contributed by atoms with Crippen LogP contribution < -0.4 is 0 Å². The van der Waals surface area contributed by atoms with E-state index in [0.717, 1.165) is 17.7 Å². The van der Waals surface area contributed by atoms with Crippen molar-refractivity contribution in [3.8, 4) is 11.4 Å². The van der Waals surface area contributed by atoms with Crippen LogP contribution in [0.3, 0.4) is 0 Å². The zero-order valence-electron chi connectivity index (χ0n) is 16.3. The highest BCUT2D eigenvalue weighted by Crippen LogP contribution is 2.12. The van der Waals surface area contributed by atoms with Gasteiger partial charge in [-0.3, -0.25) is 9.48 Å². The topological polar surface area (TPSA) is 99.6 Å². The normalized spacial score (nSPS) is 11.0. The van der Waals surface area contributed by atoms with Crippen molar-refractivity contribution in [1.29, 1.82) is 0 Å². The van der Waals surface area contributed by atoms with Gasteiger partial charge in [0.15, 0.2) is 6.67 Å². The van der Waals surface area contributed by atoms with Gasteiger partial charge >= 0.3 is 0 Å². The zero-order valence-corrected chi connectivity index (χ0v) is 16.3. The summed E-state index contributed by atoms with van der Waals surface area (Å²) in [5.41, 5.74) is 2.23. The molecule has 0 fully saturated rings. The molecular weight excluding hydrogens is 370 g/mol. The average molecular weight is 391 g/mol. The van der Waals surface area contributed by atoms with Crippen LogP contribution in [0.15, 0.2) is 55.0 Å². The Morgan fingerprint density at radius 3 is 2.69 bits per heavy atom. The summed E-state index contributed by atoms with van der Waals surface area (Å²) in [5.74, 6) is 0.380. The molecular formula is C19H21N9O. The van der Waals surface area contributed by atoms with Crippen molar-refractivity contribution >= 4 is 5.91 Å². The summed E-state index contributed by atoms with van der Waals surface area (Å²) in [6.45, 7) is 3.55. The molecule has 0 saturated carbocycles. The first-order valence-electron chi connectivity index (χ1n) is 9.26. The Balaban J connectivity index is 1.40. The minimum Gasteiger partial charge on any atom is -0.336 e. The maximum atomic E-state index is 12.7. The Bertz CT molecular complexity index is 1100. The fourth-order valence-electron chi connectivity index (χ4n) is 2.89. The molecule has 0 radical (unpaired) electrons. The predicted molar refractivity (Wildman–Crippen MR) is 105 cm³/mol. The fraction of sp³-hybridized carbons (Fsp3) is 0.263. The second-order valence-corrected chi connectivity index (χ2v) is 6.60. The van der Waals surface area contributed by atoms with Gasteiger partial charge in [-0.25, -0.2) is 4.68 Å². The number of aryl methyl sites for hydroxylation is 1. The van der Waals surface area contributed by atoms with Crippen molar-refractivity contribution in [2.75, 3.05) is 7.05 Å². The van der Waals surface area contributed by atoms with E-state index in [9.17, 15) is 4.79 Å². The smallest absolute Gasteiger partial charge is 0.274 e. The number of hydrogen-bond acceptors (Lipinski definition) is 6. The third kappa shape index (κ3) is 4.21. The van der Waals surface area contributed by atoms with Gasteiger partial charge in [0.2, 0.25) is 5.82 Å². The maximum Gasteiger partial charge on any atom is 0.274 e. The Labute approximate surface area is 167 Å². The molecule has 1 aromatic carbocycles.